The predicted molar refractivity (Wildman–Crippen MR) is 80.2 cm³/mol. The number of nitrogens with zero attached hydrogens (tertiary/aromatic N) is 1. The lowest BCUT2D eigenvalue weighted by molar-refractivity contribution is 0.131. The van der Waals surface area contributed by atoms with Gasteiger partial charge < -0.3 is 5.32 Å². The summed E-state index contributed by atoms with van der Waals surface area (Å²) in [4.78, 5) is 2.71. The van der Waals surface area contributed by atoms with Crippen molar-refractivity contribution in [2.75, 3.05) is 19.6 Å². The second-order valence-electron chi connectivity index (χ2n) is 6.68. The highest BCUT2D eigenvalue weighted by Crippen LogP contribution is 2.41. The van der Waals surface area contributed by atoms with E-state index in [1.54, 1.807) is 0 Å². The molecule has 0 aromatic heterocycles. The first-order valence-corrected chi connectivity index (χ1v) is 7.65. The standard InChI is InChI=1S/C17H26N2/c1-4-13-7-5-6-8-14(13)11-19-12-15-9-18-10-16(15)17(19,2)3/h5-8,15-16,18H,4,9-12H2,1-3H3. The number of rotatable bonds is 3. The molecular formula is C17H26N2. The van der Waals surface area contributed by atoms with Gasteiger partial charge in [0.25, 0.3) is 0 Å². The van der Waals surface area contributed by atoms with Crippen LogP contribution in [0.15, 0.2) is 24.3 Å². The molecule has 3 rings (SSSR count). The van der Waals surface area contributed by atoms with E-state index in [9.17, 15) is 0 Å². The van der Waals surface area contributed by atoms with E-state index in [2.05, 4.69) is 55.3 Å². The number of fused-ring (bicyclic) bond motifs is 1. The largest absolute Gasteiger partial charge is 0.316 e. The van der Waals surface area contributed by atoms with Gasteiger partial charge in [0.15, 0.2) is 0 Å². The smallest absolute Gasteiger partial charge is 0.0242 e. The van der Waals surface area contributed by atoms with Crippen LogP contribution in [-0.2, 0) is 13.0 Å². The predicted octanol–water partition coefficient (Wildman–Crippen LogP) is 2.68. The van der Waals surface area contributed by atoms with E-state index >= 15 is 0 Å². The third kappa shape index (κ3) is 2.21. The zero-order valence-electron chi connectivity index (χ0n) is 12.4. The molecule has 0 bridgehead atoms. The second kappa shape index (κ2) is 4.92. The van der Waals surface area contributed by atoms with Crippen molar-refractivity contribution >= 4 is 0 Å². The minimum atomic E-state index is 0.328. The van der Waals surface area contributed by atoms with Crippen molar-refractivity contribution in [2.24, 2.45) is 11.8 Å². The van der Waals surface area contributed by atoms with E-state index in [1.807, 2.05) is 0 Å². The van der Waals surface area contributed by atoms with Crippen LogP contribution in [0.5, 0.6) is 0 Å². The molecule has 2 aliphatic heterocycles. The molecule has 104 valence electrons. The van der Waals surface area contributed by atoms with Gasteiger partial charge in [-0.1, -0.05) is 31.2 Å². The van der Waals surface area contributed by atoms with E-state index in [-0.39, 0.29) is 0 Å². The topological polar surface area (TPSA) is 15.3 Å². The highest BCUT2D eigenvalue weighted by Gasteiger charge is 2.49. The molecule has 1 aromatic carbocycles. The number of hydrogen-bond donors (Lipinski definition) is 1. The monoisotopic (exact) mass is 258 g/mol. The highest BCUT2D eigenvalue weighted by molar-refractivity contribution is 5.27. The van der Waals surface area contributed by atoms with Crippen LogP contribution in [0.4, 0.5) is 0 Å². The second-order valence-corrected chi connectivity index (χ2v) is 6.68. The first kappa shape index (κ1) is 13.1. The summed E-state index contributed by atoms with van der Waals surface area (Å²) in [5.41, 5.74) is 3.36. The summed E-state index contributed by atoms with van der Waals surface area (Å²) < 4.78 is 0. The van der Waals surface area contributed by atoms with Crippen molar-refractivity contribution in [3.05, 3.63) is 35.4 Å². The van der Waals surface area contributed by atoms with Gasteiger partial charge in [0.1, 0.15) is 0 Å². The van der Waals surface area contributed by atoms with Crippen LogP contribution >= 0.6 is 0 Å². The molecule has 2 atom stereocenters. The molecule has 0 aliphatic carbocycles. The number of benzene rings is 1. The van der Waals surface area contributed by atoms with Crippen molar-refractivity contribution in [2.45, 2.75) is 39.3 Å². The first-order chi connectivity index (χ1) is 9.13. The van der Waals surface area contributed by atoms with E-state index in [1.165, 1.54) is 30.8 Å². The zero-order valence-corrected chi connectivity index (χ0v) is 12.4. The lowest BCUT2D eigenvalue weighted by atomic mass is 9.84. The third-order valence-corrected chi connectivity index (χ3v) is 5.38. The summed E-state index contributed by atoms with van der Waals surface area (Å²) in [6.07, 6.45) is 1.14. The Morgan fingerprint density at radius 3 is 2.63 bits per heavy atom. The molecule has 2 nitrogen and oxygen atoms in total. The molecule has 19 heavy (non-hydrogen) atoms. The minimum absolute atomic E-state index is 0.328. The molecular weight excluding hydrogens is 232 g/mol. The van der Waals surface area contributed by atoms with Crippen molar-refractivity contribution in [3.63, 3.8) is 0 Å². The average molecular weight is 258 g/mol. The first-order valence-electron chi connectivity index (χ1n) is 7.65. The Morgan fingerprint density at radius 2 is 1.95 bits per heavy atom. The number of aryl methyl sites for hydroxylation is 1. The molecule has 0 saturated carbocycles. The minimum Gasteiger partial charge on any atom is -0.316 e. The summed E-state index contributed by atoms with van der Waals surface area (Å²) in [6, 6.07) is 8.93. The van der Waals surface area contributed by atoms with Crippen LogP contribution in [0.2, 0.25) is 0 Å². The number of likely N-dealkylation sites (tertiary alicyclic amines) is 1. The highest BCUT2D eigenvalue weighted by atomic mass is 15.2. The van der Waals surface area contributed by atoms with Gasteiger partial charge in [-0.2, -0.15) is 0 Å². The average Bonchev–Trinajstić information content (AvgIpc) is 2.94. The van der Waals surface area contributed by atoms with Gasteiger partial charge in [-0.15, -0.1) is 0 Å². The molecule has 2 unspecified atom stereocenters. The fraction of sp³-hybridized carbons (Fsp3) is 0.647. The van der Waals surface area contributed by atoms with Crippen molar-refractivity contribution < 1.29 is 0 Å². The fourth-order valence-corrected chi connectivity index (χ4v) is 4.03. The molecule has 2 heterocycles. The summed E-state index contributed by atoms with van der Waals surface area (Å²) >= 11 is 0. The fourth-order valence-electron chi connectivity index (χ4n) is 4.03. The summed E-state index contributed by atoms with van der Waals surface area (Å²) in [5.74, 6) is 1.67. The summed E-state index contributed by atoms with van der Waals surface area (Å²) in [6.45, 7) is 11.9. The Labute approximate surface area is 117 Å². The van der Waals surface area contributed by atoms with Crippen LogP contribution in [0.3, 0.4) is 0 Å². The molecule has 1 aromatic rings. The molecule has 1 N–H and O–H groups in total. The SMILES string of the molecule is CCc1ccccc1CN1CC2CNCC2C1(C)C. The lowest BCUT2D eigenvalue weighted by Crippen LogP contribution is -2.44. The van der Waals surface area contributed by atoms with Crippen molar-refractivity contribution in [1.29, 1.82) is 0 Å². The van der Waals surface area contributed by atoms with Gasteiger partial charge in [0.05, 0.1) is 0 Å². The van der Waals surface area contributed by atoms with Crippen molar-refractivity contribution in [3.8, 4) is 0 Å². The van der Waals surface area contributed by atoms with Crippen LogP contribution in [0.1, 0.15) is 31.9 Å². The summed E-state index contributed by atoms with van der Waals surface area (Å²) in [7, 11) is 0. The lowest BCUT2D eigenvalue weighted by Gasteiger charge is -2.36. The van der Waals surface area contributed by atoms with E-state index in [0.717, 1.165) is 24.8 Å². The van der Waals surface area contributed by atoms with Gasteiger partial charge in [-0.3, -0.25) is 4.90 Å². The van der Waals surface area contributed by atoms with E-state index in [4.69, 9.17) is 0 Å². The van der Waals surface area contributed by atoms with E-state index < -0.39 is 0 Å². The Balaban J connectivity index is 1.80. The molecule has 2 aliphatic rings. The Kier molecular flexibility index (Phi) is 3.40. The van der Waals surface area contributed by atoms with Crippen LogP contribution < -0.4 is 5.32 Å². The van der Waals surface area contributed by atoms with Gasteiger partial charge in [-0.25, -0.2) is 0 Å². The number of nitrogens with one attached hydrogen (secondary N) is 1. The molecule has 0 spiro atoms. The number of hydrogen-bond acceptors (Lipinski definition) is 2. The Hall–Kier alpha value is -0.860. The molecule has 0 radical (unpaired) electrons. The maximum atomic E-state index is 3.56. The van der Waals surface area contributed by atoms with Crippen LogP contribution in [-0.4, -0.2) is 30.1 Å². The maximum absolute atomic E-state index is 3.56. The van der Waals surface area contributed by atoms with Crippen LogP contribution in [0.25, 0.3) is 0 Å². The van der Waals surface area contributed by atoms with Gasteiger partial charge >= 0.3 is 0 Å². The van der Waals surface area contributed by atoms with Gasteiger partial charge in [0.2, 0.25) is 0 Å². The van der Waals surface area contributed by atoms with Crippen molar-refractivity contribution in [1.82, 2.24) is 10.2 Å². The molecule has 2 heteroatoms. The van der Waals surface area contributed by atoms with Gasteiger partial charge in [0, 0.05) is 25.2 Å². The maximum Gasteiger partial charge on any atom is 0.0242 e. The van der Waals surface area contributed by atoms with E-state index in [0.29, 0.717) is 5.54 Å². The Bertz CT molecular complexity index is 452. The molecule has 0 amide bonds. The third-order valence-electron chi connectivity index (χ3n) is 5.38. The quantitative estimate of drug-likeness (QED) is 0.897. The van der Waals surface area contributed by atoms with Gasteiger partial charge in [-0.05, 0) is 49.8 Å². The molecule has 2 saturated heterocycles. The van der Waals surface area contributed by atoms with Crippen LogP contribution in [0, 0.1) is 11.8 Å². The normalized spacial score (nSPS) is 29.6. The Morgan fingerprint density at radius 1 is 1.21 bits per heavy atom. The zero-order chi connectivity index (χ0) is 13.5. The summed E-state index contributed by atoms with van der Waals surface area (Å²) in [5, 5.41) is 3.56. The molecule has 2 fully saturated rings.